The molecule has 0 bridgehead atoms. The number of nitrogens with one attached hydrogen (secondary N) is 2. The van der Waals surface area contributed by atoms with E-state index in [-0.39, 0.29) is 5.91 Å². The fraction of sp³-hybridized carbons (Fsp3) is 0.346. The average molecular weight is 449 g/mol. The molecular formula is C26H32N4O3. The Morgan fingerprint density at radius 1 is 1.00 bits per heavy atom. The molecule has 0 atom stereocenters. The van der Waals surface area contributed by atoms with Crippen LogP contribution in [0.15, 0.2) is 59.7 Å². The molecule has 1 amide bonds. The lowest BCUT2D eigenvalue weighted by molar-refractivity contribution is 0.0950. The summed E-state index contributed by atoms with van der Waals surface area (Å²) in [6.45, 7) is 2.96. The molecule has 1 heterocycles. The van der Waals surface area contributed by atoms with Crippen LogP contribution >= 0.6 is 0 Å². The van der Waals surface area contributed by atoms with E-state index in [1.807, 2.05) is 48.5 Å². The van der Waals surface area contributed by atoms with Gasteiger partial charge in [-0.1, -0.05) is 39.0 Å². The molecular weight excluding hydrogens is 416 g/mol. The highest BCUT2D eigenvalue weighted by atomic mass is 16.5. The van der Waals surface area contributed by atoms with E-state index in [1.165, 1.54) is 32.1 Å². The monoisotopic (exact) mass is 448 g/mol. The molecule has 0 aliphatic heterocycles. The molecule has 1 aromatic heterocycles. The van der Waals surface area contributed by atoms with Crippen molar-refractivity contribution in [3.63, 3.8) is 0 Å². The van der Waals surface area contributed by atoms with Crippen molar-refractivity contribution in [2.75, 3.05) is 13.7 Å². The molecule has 0 aliphatic carbocycles. The lowest BCUT2D eigenvalue weighted by Gasteiger charge is -2.06. The van der Waals surface area contributed by atoms with Crippen LogP contribution in [-0.2, 0) is 0 Å². The first-order chi connectivity index (χ1) is 16.2. The topological polar surface area (TPSA) is 88.6 Å². The Morgan fingerprint density at radius 3 is 2.42 bits per heavy atom. The molecule has 2 aromatic carbocycles. The van der Waals surface area contributed by atoms with Crippen molar-refractivity contribution >= 4 is 12.1 Å². The summed E-state index contributed by atoms with van der Waals surface area (Å²) in [6, 6.07) is 16.8. The van der Waals surface area contributed by atoms with Crippen molar-refractivity contribution in [2.24, 2.45) is 5.10 Å². The van der Waals surface area contributed by atoms with Gasteiger partial charge in [0.1, 0.15) is 17.2 Å². The summed E-state index contributed by atoms with van der Waals surface area (Å²) < 4.78 is 10.9. The van der Waals surface area contributed by atoms with Gasteiger partial charge < -0.3 is 9.47 Å². The van der Waals surface area contributed by atoms with Crippen LogP contribution in [0.2, 0.25) is 0 Å². The van der Waals surface area contributed by atoms with Gasteiger partial charge in [0.25, 0.3) is 5.91 Å². The number of nitrogens with zero attached hydrogens (tertiary/aromatic N) is 2. The second-order valence-electron chi connectivity index (χ2n) is 7.78. The number of methoxy groups -OCH3 is 1. The number of amides is 1. The number of H-pyrrole nitrogens is 1. The van der Waals surface area contributed by atoms with Gasteiger partial charge in [-0.3, -0.25) is 9.89 Å². The number of carbonyl (C=O) groups excluding carboxylic acids is 1. The van der Waals surface area contributed by atoms with Gasteiger partial charge in [-0.25, -0.2) is 5.43 Å². The van der Waals surface area contributed by atoms with Crippen LogP contribution in [0.1, 0.15) is 61.5 Å². The number of carbonyl (C=O) groups is 1. The summed E-state index contributed by atoms with van der Waals surface area (Å²) in [7, 11) is 1.61. The van der Waals surface area contributed by atoms with E-state index >= 15 is 0 Å². The SMILES string of the molecule is CCCCCCCCOc1ccc(-c2cc(C(=O)N/N=C\c3ccc(OC)cc3)[nH]n2)cc1. The van der Waals surface area contributed by atoms with E-state index < -0.39 is 0 Å². The highest BCUT2D eigenvalue weighted by Gasteiger charge is 2.10. The van der Waals surface area contributed by atoms with Crippen LogP contribution in [0.3, 0.4) is 0 Å². The largest absolute Gasteiger partial charge is 0.497 e. The molecule has 3 aromatic rings. The number of ether oxygens (including phenoxy) is 2. The van der Waals surface area contributed by atoms with Crippen molar-refractivity contribution < 1.29 is 14.3 Å². The third-order valence-corrected chi connectivity index (χ3v) is 5.23. The molecule has 7 nitrogen and oxygen atoms in total. The number of aromatic amines is 1. The summed E-state index contributed by atoms with van der Waals surface area (Å²) >= 11 is 0. The number of aromatic nitrogens is 2. The maximum Gasteiger partial charge on any atom is 0.289 e. The van der Waals surface area contributed by atoms with Gasteiger partial charge in [-0.05, 0) is 66.6 Å². The molecule has 7 heteroatoms. The van der Waals surface area contributed by atoms with Crippen LogP contribution in [0.5, 0.6) is 11.5 Å². The van der Waals surface area contributed by atoms with Crippen LogP contribution in [-0.4, -0.2) is 36.0 Å². The molecule has 0 aliphatic rings. The first kappa shape index (κ1) is 24.0. The minimum absolute atomic E-state index is 0.334. The lowest BCUT2D eigenvalue weighted by atomic mass is 10.1. The van der Waals surface area contributed by atoms with Crippen LogP contribution < -0.4 is 14.9 Å². The molecule has 0 spiro atoms. The summed E-state index contributed by atoms with van der Waals surface area (Å²) in [5.41, 5.74) is 5.27. The predicted molar refractivity (Wildman–Crippen MR) is 131 cm³/mol. The fourth-order valence-electron chi connectivity index (χ4n) is 3.30. The molecule has 33 heavy (non-hydrogen) atoms. The summed E-state index contributed by atoms with van der Waals surface area (Å²) in [6.07, 6.45) is 9.02. The van der Waals surface area contributed by atoms with Crippen molar-refractivity contribution in [3.05, 3.63) is 65.9 Å². The summed E-state index contributed by atoms with van der Waals surface area (Å²) in [5.74, 6) is 1.24. The molecule has 174 valence electrons. The van der Waals surface area contributed by atoms with Crippen LogP contribution in [0.25, 0.3) is 11.3 Å². The smallest absolute Gasteiger partial charge is 0.289 e. The Hall–Kier alpha value is -3.61. The molecule has 2 N–H and O–H groups in total. The van der Waals surface area contributed by atoms with Gasteiger partial charge in [0.2, 0.25) is 0 Å². The second-order valence-corrected chi connectivity index (χ2v) is 7.78. The van der Waals surface area contributed by atoms with Crippen molar-refractivity contribution in [3.8, 4) is 22.8 Å². The van der Waals surface area contributed by atoms with Gasteiger partial charge >= 0.3 is 0 Å². The third-order valence-electron chi connectivity index (χ3n) is 5.23. The molecule has 3 rings (SSSR count). The average Bonchev–Trinajstić information content (AvgIpc) is 3.35. The molecule has 0 unspecified atom stereocenters. The Labute approximate surface area is 195 Å². The Morgan fingerprint density at radius 2 is 1.70 bits per heavy atom. The minimum atomic E-state index is -0.364. The Bertz CT molecular complexity index is 1010. The lowest BCUT2D eigenvalue weighted by Crippen LogP contribution is -2.17. The van der Waals surface area contributed by atoms with Gasteiger partial charge in [-0.15, -0.1) is 0 Å². The van der Waals surface area contributed by atoms with Crippen molar-refractivity contribution in [1.82, 2.24) is 15.6 Å². The predicted octanol–water partition coefficient (Wildman–Crippen LogP) is 5.59. The maximum atomic E-state index is 12.3. The van der Waals surface area contributed by atoms with Gasteiger partial charge in [-0.2, -0.15) is 10.2 Å². The van der Waals surface area contributed by atoms with E-state index in [2.05, 4.69) is 27.6 Å². The van der Waals surface area contributed by atoms with Gasteiger partial charge in [0.15, 0.2) is 0 Å². The Kier molecular flexibility index (Phi) is 9.51. The first-order valence-electron chi connectivity index (χ1n) is 11.5. The zero-order chi connectivity index (χ0) is 23.3. The minimum Gasteiger partial charge on any atom is -0.497 e. The van der Waals surface area contributed by atoms with E-state index in [1.54, 1.807) is 19.4 Å². The molecule has 0 radical (unpaired) electrons. The first-order valence-corrected chi connectivity index (χ1v) is 11.5. The summed E-state index contributed by atoms with van der Waals surface area (Å²) in [4.78, 5) is 12.3. The molecule has 0 saturated carbocycles. The zero-order valence-corrected chi connectivity index (χ0v) is 19.3. The Balaban J connectivity index is 1.45. The zero-order valence-electron chi connectivity index (χ0n) is 19.3. The van der Waals surface area contributed by atoms with Crippen molar-refractivity contribution in [2.45, 2.75) is 45.4 Å². The third kappa shape index (κ3) is 7.79. The van der Waals surface area contributed by atoms with E-state index in [9.17, 15) is 4.79 Å². The number of benzene rings is 2. The van der Waals surface area contributed by atoms with E-state index in [0.717, 1.165) is 35.7 Å². The molecule has 0 fully saturated rings. The summed E-state index contributed by atoms with van der Waals surface area (Å²) in [5, 5.41) is 11.0. The standard InChI is InChI=1S/C26H32N4O3/c1-3-4-5-6-7-8-17-33-23-15-11-21(12-16-23)24-18-25(29-28-24)26(31)30-27-19-20-9-13-22(32-2)14-10-20/h9-16,18-19H,3-8,17H2,1-2H3,(H,28,29)(H,30,31)/b27-19-. The second kappa shape index (κ2) is 13.1. The van der Waals surface area contributed by atoms with Crippen LogP contribution in [0, 0.1) is 0 Å². The highest BCUT2D eigenvalue weighted by Crippen LogP contribution is 2.21. The number of unbranched alkanes of at least 4 members (excludes halogenated alkanes) is 5. The fourth-order valence-corrected chi connectivity index (χ4v) is 3.30. The maximum absolute atomic E-state index is 12.3. The van der Waals surface area contributed by atoms with E-state index in [4.69, 9.17) is 9.47 Å². The number of rotatable bonds is 13. The highest BCUT2D eigenvalue weighted by molar-refractivity contribution is 5.94. The number of hydrogen-bond acceptors (Lipinski definition) is 5. The number of hydrogen-bond donors (Lipinski definition) is 2. The normalized spacial score (nSPS) is 11.0. The van der Waals surface area contributed by atoms with Crippen LogP contribution in [0.4, 0.5) is 0 Å². The van der Waals surface area contributed by atoms with Gasteiger partial charge in [0.05, 0.1) is 25.6 Å². The van der Waals surface area contributed by atoms with Crippen molar-refractivity contribution in [1.29, 1.82) is 0 Å². The quantitative estimate of drug-likeness (QED) is 0.203. The number of hydrazone groups is 1. The molecule has 0 saturated heterocycles. The van der Waals surface area contributed by atoms with E-state index in [0.29, 0.717) is 11.4 Å². The van der Waals surface area contributed by atoms with Gasteiger partial charge in [0, 0.05) is 5.56 Å².